The normalized spacial score (nSPS) is 9.55. The summed E-state index contributed by atoms with van der Waals surface area (Å²) >= 11 is 0. The van der Waals surface area contributed by atoms with Crippen molar-refractivity contribution in [2.75, 3.05) is 0 Å². The molecule has 0 aliphatic carbocycles. The molecule has 0 aromatic heterocycles. The summed E-state index contributed by atoms with van der Waals surface area (Å²) in [6.45, 7) is 3.48. The summed E-state index contributed by atoms with van der Waals surface area (Å²) in [6.07, 6.45) is 5.30. The lowest BCUT2D eigenvalue weighted by atomic mass is 10.0. The number of benzene rings is 2. The molecule has 0 radical (unpaired) electrons. The van der Waals surface area contributed by atoms with Crippen molar-refractivity contribution in [3.8, 4) is 24.2 Å². The van der Waals surface area contributed by atoms with Crippen LogP contribution >= 0.6 is 0 Å². The predicted molar refractivity (Wildman–Crippen MR) is 76.2 cm³/mol. The lowest BCUT2D eigenvalue weighted by Gasteiger charge is -2.00. The van der Waals surface area contributed by atoms with Crippen molar-refractivity contribution in [1.82, 2.24) is 0 Å². The lowest BCUT2D eigenvalue weighted by molar-refractivity contribution is 0.575. The Morgan fingerprint density at radius 1 is 0.950 bits per heavy atom. The average Bonchev–Trinajstić information content (AvgIpc) is 2.39. The Bertz CT molecular complexity index is 745. The van der Waals surface area contributed by atoms with E-state index in [-0.39, 0.29) is 5.56 Å². The van der Waals surface area contributed by atoms with Crippen molar-refractivity contribution in [2.24, 2.45) is 0 Å². The summed E-state index contributed by atoms with van der Waals surface area (Å²) in [5.74, 6) is 6.57. The van der Waals surface area contributed by atoms with Gasteiger partial charge in [0.2, 0.25) is 0 Å². The summed E-state index contributed by atoms with van der Waals surface area (Å²) in [4.78, 5) is 0. The van der Waals surface area contributed by atoms with E-state index >= 15 is 0 Å². The first-order valence-electron chi connectivity index (χ1n) is 6.06. The minimum atomic E-state index is -0.645. The first-order valence-corrected chi connectivity index (χ1v) is 6.06. The Labute approximate surface area is 117 Å². The molecule has 2 rings (SSSR count). The molecule has 0 fully saturated rings. The van der Waals surface area contributed by atoms with E-state index < -0.39 is 11.6 Å². The van der Waals surface area contributed by atoms with Crippen LogP contribution in [0.15, 0.2) is 30.3 Å². The van der Waals surface area contributed by atoms with Gasteiger partial charge in [-0.2, -0.15) is 0 Å². The van der Waals surface area contributed by atoms with E-state index in [9.17, 15) is 8.78 Å². The summed E-state index contributed by atoms with van der Waals surface area (Å²) in [5, 5.41) is 0. The third-order valence-corrected chi connectivity index (χ3v) is 2.90. The van der Waals surface area contributed by atoms with Gasteiger partial charge in [-0.15, -0.1) is 6.42 Å². The molecule has 0 aliphatic heterocycles. The van der Waals surface area contributed by atoms with Crippen LogP contribution in [-0.2, 0) is 0 Å². The summed E-state index contributed by atoms with van der Waals surface area (Å²) in [7, 11) is 0. The maximum atomic E-state index is 13.7. The molecular formula is C18H12F2. The fourth-order valence-corrected chi connectivity index (χ4v) is 1.84. The summed E-state index contributed by atoms with van der Waals surface area (Å²) < 4.78 is 27.3. The van der Waals surface area contributed by atoms with Gasteiger partial charge in [0.15, 0.2) is 0 Å². The highest BCUT2D eigenvalue weighted by atomic mass is 19.1. The van der Waals surface area contributed by atoms with Gasteiger partial charge in [0.1, 0.15) is 11.6 Å². The van der Waals surface area contributed by atoms with E-state index in [1.54, 1.807) is 19.1 Å². The van der Waals surface area contributed by atoms with Gasteiger partial charge in [-0.25, -0.2) is 8.78 Å². The minimum absolute atomic E-state index is 0.212. The maximum absolute atomic E-state index is 13.7. The van der Waals surface area contributed by atoms with Crippen LogP contribution in [0.5, 0.6) is 0 Å². The largest absolute Gasteiger partial charge is 0.206 e. The van der Waals surface area contributed by atoms with Crippen molar-refractivity contribution < 1.29 is 8.78 Å². The van der Waals surface area contributed by atoms with Crippen LogP contribution in [0.2, 0.25) is 0 Å². The van der Waals surface area contributed by atoms with Crippen LogP contribution in [0, 0.1) is 49.7 Å². The highest BCUT2D eigenvalue weighted by Gasteiger charge is 2.07. The maximum Gasteiger partial charge on any atom is 0.142 e. The van der Waals surface area contributed by atoms with Crippen LogP contribution in [0.1, 0.15) is 27.8 Å². The van der Waals surface area contributed by atoms with Crippen molar-refractivity contribution >= 4 is 0 Å². The molecular weight excluding hydrogens is 254 g/mol. The minimum Gasteiger partial charge on any atom is -0.206 e. The van der Waals surface area contributed by atoms with Crippen LogP contribution in [0.3, 0.4) is 0 Å². The predicted octanol–water partition coefficient (Wildman–Crippen LogP) is 3.96. The molecule has 0 saturated heterocycles. The molecule has 0 aliphatic rings. The number of rotatable bonds is 0. The van der Waals surface area contributed by atoms with Gasteiger partial charge in [0, 0.05) is 11.1 Å². The third-order valence-electron chi connectivity index (χ3n) is 2.90. The molecule has 0 nitrogen and oxygen atoms in total. The van der Waals surface area contributed by atoms with Gasteiger partial charge >= 0.3 is 0 Å². The Morgan fingerprint density at radius 2 is 1.60 bits per heavy atom. The first kappa shape index (κ1) is 13.8. The Morgan fingerprint density at radius 3 is 2.15 bits per heavy atom. The molecule has 0 saturated carbocycles. The van der Waals surface area contributed by atoms with Crippen molar-refractivity contribution in [1.29, 1.82) is 0 Å². The molecule has 0 heterocycles. The highest BCUT2D eigenvalue weighted by molar-refractivity contribution is 5.50. The van der Waals surface area contributed by atoms with Gasteiger partial charge < -0.3 is 0 Å². The SMILES string of the molecule is C#Cc1ccc(C#Cc2c(F)cc(C)cc2F)c(C)c1. The second-order valence-electron chi connectivity index (χ2n) is 4.53. The Hall–Kier alpha value is -2.58. The molecule has 0 atom stereocenters. The van der Waals surface area contributed by atoms with E-state index in [0.29, 0.717) is 11.1 Å². The van der Waals surface area contributed by atoms with Crippen molar-refractivity contribution in [3.05, 3.63) is 69.8 Å². The van der Waals surface area contributed by atoms with Crippen LogP contribution in [0.25, 0.3) is 0 Å². The Balaban J connectivity index is 2.44. The molecule has 2 heteroatoms. The van der Waals surface area contributed by atoms with Crippen molar-refractivity contribution in [3.63, 3.8) is 0 Å². The van der Waals surface area contributed by atoms with E-state index in [4.69, 9.17) is 6.42 Å². The van der Waals surface area contributed by atoms with Gasteiger partial charge in [-0.05, 0) is 55.3 Å². The van der Waals surface area contributed by atoms with Gasteiger partial charge in [-0.1, -0.05) is 17.8 Å². The smallest absolute Gasteiger partial charge is 0.142 e. The molecule has 0 unspecified atom stereocenters. The fraction of sp³-hybridized carbons (Fsp3) is 0.111. The number of terminal acetylenes is 1. The monoisotopic (exact) mass is 266 g/mol. The van der Waals surface area contributed by atoms with E-state index in [2.05, 4.69) is 17.8 Å². The number of halogens is 2. The zero-order valence-corrected chi connectivity index (χ0v) is 11.2. The van der Waals surface area contributed by atoms with Crippen LogP contribution in [-0.4, -0.2) is 0 Å². The fourth-order valence-electron chi connectivity index (χ4n) is 1.84. The number of hydrogen-bond acceptors (Lipinski definition) is 0. The third kappa shape index (κ3) is 2.87. The van der Waals surface area contributed by atoms with Gasteiger partial charge in [0.05, 0.1) is 5.56 Å². The van der Waals surface area contributed by atoms with Gasteiger partial charge in [-0.3, -0.25) is 0 Å². The molecule has 2 aromatic rings. The zero-order valence-electron chi connectivity index (χ0n) is 11.2. The quantitative estimate of drug-likeness (QED) is 0.633. The molecule has 2 aromatic carbocycles. The second-order valence-corrected chi connectivity index (χ2v) is 4.53. The van der Waals surface area contributed by atoms with E-state index in [0.717, 1.165) is 11.1 Å². The lowest BCUT2D eigenvalue weighted by Crippen LogP contribution is -1.92. The zero-order chi connectivity index (χ0) is 14.7. The second kappa shape index (κ2) is 5.59. The van der Waals surface area contributed by atoms with Crippen LogP contribution < -0.4 is 0 Å². The van der Waals surface area contributed by atoms with Gasteiger partial charge in [0.25, 0.3) is 0 Å². The average molecular weight is 266 g/mol. The summed E-state index contributed by atoms with van der Waals surface area (Å²) in [6, 6.07) is 7.84. The molecule has 0 N–H and O–H groups in total. The molecule has 0 spiro atoms. The topological polar surface area (TPSA) is 0 Å². The molecule has 20 heavy (non-hydrogen) atoms. The highest BCUT2D eigenvalue weighted by Crippen LogP contribution is 2.15. The van der Waals surface area contributed by atoms with E-state index in [1.165, 1.54) is 12.1 Å². The number of hydrogen-bond donors (Lipinski definition) is 0. The summed E-state index contributed by atoms with van der Waals surface area (Å²) in [5.41, 5.74) is 2.64. The Kier molecular flexibility index (Phi) is 3.87. The molecule has 0 bridgehead atoms. The van der Waals surface area contributed by atoms with Crippen molar-refractivity contribution in [2.45, 2.75) is 13.8 Å². The van der Waals surface area contributed by atoms with E-state index in [1.807, 2.05) is 13.0 Å². The number of aryl methyl sites for hydroxylation is 2. The molecule has 98 valence electrons. The standard InChI is InChI=1S/C18H12F2/c1-4-14-5-6-15(13(3)11-14)7-8-16-17(19)9-12(2)10-18(16)20/h1,5-6,9-11H,2-3H3. The molecule has 0 amide bonds. The van der Waals surface area contributed by atoms with Crippen LogP contribution in [0.4, 0.5) is 8.78 Å². The first-order chi connectivity index (χ1) is 9.51.